The molecular weight excluding hydrogens is 417 g/mol. The second-order valence-electron chi connectivity index (χ2n) is 7.55. The number of nitrogens with zero attached hydrogens (tertiary/aromatic N) is 1. The van der Waals surface area contributed by atoms with E-state index < -0.39 is 46.8 Å². The molecule has 1 saturated heterocycles. The van der Waals surface area contributed by atoms with Crippen molar-refractivity contribution >= 4 is 5.91 Å². The first kappa shape index (κ1) is 25.8. The lowest BCUT2D eigenvalue weighted by atomic mass is 9.90. The molecule has 170 valence electrons. The van der Waals surface area contributed by atoms with Gasteiger partial charge in [-0.1, -0.05) is 19.9 Å². The number of hydrogen-bond donors (Lipinski definition) is 0. The van der Waals surface area contributed by atoms with E-state index in [4.69, 9.17) is 0 Å². The minimum Gasteiger partial charge on any atom is -0.249 e. The highest BCUT2D eigenvalue weighted by atomic mass is 19.4. The molecule has 1 aliphatic heterocycles. The van der Waals surface area contributed by atoms with Crippen LogP contribution in [0.4, 0.5) is 39.5 Å². The van der Waals surface area contributed by atoms with Crippen molar-refractivity contribution in [3.8, 4) is 0 Å². The molecule has 2 atom stereocenters. The fourth-order valence-electron chi connectivity index (χ4n) is 3.83. The van der Waals surface area contributed by atoms with Crippen LogP contribution in [0.2, 0.25) is 0 Å². The van der Waals surface area contributed by atoms with Crippen molar-refractivity contribution in [1.82, 2.24) is 0 Å². The van der Waals surface area contributed by atoms with Gasteiger partial charge in [-0.05, 0) is 32.6 Å². The molecule has 0 aromatic carbocycles. The second-order valence-corrected chi connectivity index (χ2v) is 7.55. The molecule has 0 spiro atoms. The molecule has 1 fully saturated rings. The monoisotopic (exact) mass is 442 g/mol. The standard InChI is InChI=1S/C18H25F9NO/c1-4-5-10-28(14(29)12(2)3)11-8-6-7-9-13(28)15(19,20)16(21,22)17(23,24)18(25,26)27/h13H,2,4-11H2,1,3H3/q+1. The smallest absolute Gasteiger partial charge is 0.249 e. The SMILES string of the molecule is C=C(C)C(=O)[N+]1(CCCC)CCCCCC1C(F)(F)C(F)(F)C(F)(F)C(F)(F)F. The van der Waals surface area contributed by atoms with Gasteiger partial charge < -0.3 is 0 Å². The lowest BCUT2D eigenvalue weighted by molar-refractivity contribution is -0.889. The number of alkyl halides is 9. The van der Waals surface area contributed by atoms with Gasteiger partial charge in [0.05, 0.1) is 13.1 Å². The number of unbranched alkanes of at least 4 members (excludes halogenated alkanes) is 1. The first-order chi connectivity index (χ1) is 13.0. The third-order valence-corrected chi connectivity index (χ3v) is 5.40. The minimum absolute atomic E-state index is 0.108. The number of rotatable bonds is 7. The van der Waals surface area contributed by atoms with Gasteiger partial charge in [0.2, 0.25) is 0 Å². The summed E-state index contributed by atoms with van der Waals surface area (Å²) in [5.41, 5.74) is -0.255. The fraction of sp³-hybridized carbons (Fsp3) is 0.833. The van der Waals surface area contributed by atoms with Gasteiger partial charge in [0.15, 0.2) is 6.04 Å². The Kier molecular flexibility index (Phi) is 7.53. The van der Waals surface area contributed by atoms with E-state index in [2.05, 4.69) is 6.58 Å². The van der Waals surface area contributed by atoms with Crippen LogP contribution in [0.1, 0.15) is 52.4 Å². The molecule has 1 heterocycles. The van der Waals surface area contributed by atoms with Crippen molar-refractivity contribution in [3.63, 3.8) is 0 Å². The van der Waals surface area contributed by atoms with Gasteiger partial charge >= 0.3 is 29.9 Å². The molecule has 1 amide bonds. The lowest BCUT2D eigenvalue weighted by Gasteiger charge is -2.47. The topological polar surface area (TPSA) is 17.1 Å². The van der Waals surface area contributed by atoms with E-state index in [1.165, 1.54) is 0 Å². The summed E-state index contributed by atoms with van der Waals surface area (Å²) in [5.74, 6) is -20.5. The van der Waals surface area contributed by atoms with Crippen molar-refractivity contribution in [1.29, 1.82) is 0 Å². The molecule has 0 radical (unpaired) electrons. The lowest BCUT2D eigenvalue weighted by Crippen LogP contribution is -2.73. The Bertz CT molecular complexity index is 615. The van der Waals surface area contributed by atoms with E-state index in [0.29, 0.717) is 6.42 Å². The Hall–Kier alpha value is -1.26. The number of likely N-dealkylation sites (tertiary alicyclic amines) is 1. The second kappa shape index (κ2) is 8.47. The van der Waals surface area contributed by atoms with E-state index in [1.807, 2.05) is 0 Å². The average molecular weight is 442 g/mol. The van der Waals surface area contributed by atoms with Crippen molar-refractivity contribution in [3.05, 3.63) is 12.2 Å². The van der Waals surface area contributed by atoms with Crippen LogP contribution in [0.3, 0.4) is 0 Å². The van der Waals surface area contributed by atoms with Crippen LogP contribution in [0.15, 0.2) is 12.2 Å². The van der Waals surface area contributed by atoms with Crippen LogP contribution in [0.25, 0.3) is 0 Å². The molecule has 0 aromatic rings. The zero-order valence-corrected chi connectivity index (χ0v) is 16.2. The maximum Gasteiger partial charge on any atom is 0.460 e. The van der Waals surface area contributed by atoms with Gasteiger partial charge in [0.1, 0.15) is 0 Å². The van der Waals surface area contributed by atoms with Crippen molar-refractivity contribution in [2.24, 2.45) is 0 Å². The van der Waals surface area contributed by atoms with Gasteiger partial charge in [-0.15, -0.1) is 0 Å². The van der Waals surface area contributed by atoms with Crippen LogP contribution in [-0.2, 0) is 4.79 Å². The summed E-state index contributed by atoms with van der Waals surface area (Å²) in [6.45, 7) is 5.42. The summed E-state index contributed by atoms with van der Waals surface area (Å²) >= 11 is 0. The molecule has 29 heavy (non-hydrogen) atoms. The number of hydrogen-bond acceptors (Lipinski definition) is 1. The summed E-state index contributed by atoms with van der Waals surface area (Å²) in [6, 6.07) is -2.73. The maximum absolute atomic E-state index is 14.9. The van der Waals surface area contributed by atoms with Crippen LogP contribution < -0.4 is 0 Å². The van der Waals surface area contributed by atoms with E-state index in [-0.39, 0.29) is 44.3 Å². The summed E-state index contributed by atoms with van der Waals surface area (Å²) in [5, 5.41) is 0. The van der Waals surface area contributed by atoms with Gasteiger partial charge in [-0.2, -0.15) is 39.5 Å². The predicted octanol–water partition coefficient (Wildman–Crippen LogP) is 6.12. The Balaban J connectivity index is 3.67. The van der Waals surface area contributed by atoms with Crippen LogP contribution in [-0.4, -0.2) is 53.5 Å². The molecule has 2 nitrogen and oxygen atoms in total. The van der Waals surface area contributed by atoms with E-state index in [1.54, 1.807) is 6.92 Å². The quantitative estimate of drug-likeness (QED) is 0.264. The van der Waals surface area contributed by atoms with Gasteiger partial charge in [-0.3, -0.25) is 0 Å². The van der Waals surface area contributed by atoms with Crippen LogP contribution >= 0.6 is 0 Å². The van der Waals surface area contributed by atoms with E-state index >= 15 is 0 Å². The Morgan fingerprint density at radius 1 is 0.966 bits per heavy atom. The number of carbonyl (C=O) groups is 1. The average Bonchev–Trinajstić information content (AvgIpc) is 2.81. The first-order valence-corrected chi connectivity index (χ1v) is 9.28. The molecule has 0 aromatic heterocycles. The molecule has 0 saturated carbocycles. The molecule has 11 heteroatoms. The molecule has 2 unspecified atom stereocenters. The summed E-state index contributed by atoms with van der Waals surface area (Å²) in [6.07, 6.45) is -6.88. The molecular formula is C18H25F9NO+. The third-order valence-electron chi connectivity index (χ3n) is 5.40. The molecule has 0 bridgehead atoms. The Morgan fingerprint density at radius 2 is 1.52 bits per heavy atom. The van der Waals surface area contributed by atoms with Gasteiger partial charge in [-0.25, -0.2) is 9.28 Å². The van der Waals surface area contributed by atoms with Gasteiger partial charge in [0, 0.05) is 12.0 Å². The number of halogens is 9. The highest BCUT2D eigenvalue weighted by Gasteiger charge is 2.85. The highest BCUT2D eigenvalue weighted by molar-refractivity contribution is 5.86. The Morgan fingerprint density at radius 3 is 1.97 bits per heavy atom. The normalized spacial score (nSPS) is 24.9. The number of carbonyl (C=O) groups excluding carboxylic acids is 1. The number of amides is 1. The first-order valence-electron chi connectivity index (χ1n) is 9.28. The molecule has 1 rings (SSSR count). The van der Waals surface area contributed by atoms with Crippen molar-refractivity contribution in [2.45, 2.75) is 82.4 Å². The van der Waals surface area contributed by atoms with Crippen molar-refractivity contribution in [2.75, 3.05) is 13.1 Å². The summed E-state index contributed by atoms with van der Waals surface area (Å²) in [7, 11) is 0. The van der Waals surface area contributed by atoms with Crippen molar-refractivity contribution < 1.29 is 48.8 Å². The van der Waals surface area contributed by atoms with E-state index in [0.717, 1.165) is 6.92 Å². The largest absolute Gasteiger partial charge is 0.460 e. The zero-order valence-electron chi connectivity index (χ0n) is 16.2. The Labute approximate surface area is 163 Å². The molecule has 0 N–H and O–H groups in total. The summed E-state index contributed by atoms with van der Waals surface area (Å²) < 4.78 is 121. The molecule has 1 aliphatic rings. The van der Waals surface area contributed by atoms with E-state index in [9.17, 15) is 44.3 Å². The molecule has 0 aliphatic carbocycles. The van der Waals surface area contributed by atoms with Gasteiger partial charge in [0.25, 0.3) is 0 Å². The maximum atomic E-state index is 14.9. The van der Waals surface area contributed by atoms with Crippen LogP contribution in [0.5, 0.6) is 0 Å². The predicted molar refractivity (Wildman–Crippen MR) is 87.9 cm³/mol. The minimum atomic E-state index is -6.97. The zero-order chi connectivity index (χ0) is 22.9. The highest BCUT2D eigenvalue weighted by Crippen LogP contribution is 2.56. The third kappa shape index (κ3) is 4.29. The van der Waals surface area contributed by atoms with Crippen LogP contribution in [0, 0.1) is 0 Å². The fourth-order valence-corrected chi connectivity index (χ4v) is 3.83. The summed E-state index contributed by atoms with van der Waals surface area (Å²) in [4.78, 5) is 12.8. The number of quaternary nitrogens is 1.